The third-order valence-electron chi connectivity index (χ3n) is 3.18. The fraction of sp³-hybridized carbons (Fsp3) is 0.500. The van der Waals surface area contributed by atoms with Crippen LogP contribution in [0.1, 0.15) is 13.3 Å². The fourth-order valence-corrected chi connectivity index (χ4v) is 3.72. The van der Waals surface area contributed by atoms with Crippen LogP contribution in [0.3, 0.4) is 0 Å². The van der Waals surface area contributed by atoms with Crippen LogP contribution < -0.4 is 5.32 Å². The van der Waals surface area contributed by atoms with Crippen molar-refractivity contribution in [2.45, 2.75) is 24.8 Å². The number of hydrogen-bond acceptors (Lipinski definition) is 5. The summed E-state index contributed by atoms with van der Waals surface area (Å²) >= 11 is 4.35. The molecule has 1 unspecified atom stereocenters. The molecule has 2 aliphatic rings. The van der Waals surface area contributed by atoms with Crippen LogP contribution in [0.15, 0.2) is 11.3 Å². The predicted molar refractivity (Wildman–Crippen MR) is 78.8 cm³/mol. The summed E-state index contributed by atoms with van der Waals surface area (Å²) < 4.78 is 0. The number of carboxylic acid groups (broad SMARTS) is 1. The van der Waals surface area contributed by atoms with Gasteiger partial charge in [-0.1, -0.05) is 15.9 Å². The Morgan fingerprint density at radius 2 is 2.14 bits per heavy atom. The van der Waals surface area contributed by atoms with Gasteiger partial charge in [0.15, 0.2) is 5.78 Å². The molecule has 2 amide bonds. The molecular formula is C12H13BrN2O5S. The van der Waals surface area contributed by atoms with Gasteiger partial charge in [-0.3, -0.25) is 19.3 Å². The molecule has 0 aromatic rings. The number of nitrogens with one attached hydrogen (secondary N) is 1. The summed E-state index contributed by atoms with van der Waals surface area (Å²) in [4.78, 5) is 47.3. The number of fused-ring (bicyclic) bond motifs is 1. The summed E-state index contributed by atoms with van der Waals surface area (Å²) in [6, 6.07) is -0.770. The van der Waals surface area contributed by atoms with E-state index in [9.17, 15) is 19.2 Å². The molecule has 9 heteroatoms. The first kappa shape index (κ1) is 16.0. The number of aliphatic carboxylic acids is 1. The lowest BCUT2D eigenvalue weighted by Crippen LogP contribution is -2.70. The minimum Gasteiger partial charge on any atom is -0.477 e. The molecule has 0 aromatic heterocycles. The van der Waals surface area contributed by atoms with E-state index in [-0.39, 0.29) is 23.2 Å². The Bertz CT molecular complexity index is 562. The molecule has 2 rings (SSSR count). The van der Waals surface area contributed by atoms with E-state index in [1.54, 1.807) is 6.92 Å². The van der Waals surface area contributed by atoms with Gasteiger partial charge in [0.2, 0.25) is 5.91 Å². The zero-order valence-electron chi connectivity index (χ0n) is 11.1. The van der Waals surface area contributed by atoms with Crippen molar-refractivity contribution in [1.29, 1.82) is 0 Å². The smallest absolute Gasteiger partial charge is 0.352 e. The van der Waals surface area contributed by atoms with Gasteiger partial charge in [0.05, 0.1) is 11.8 Å². The largest absolute Gasteiger partial charge is 0.477 e. The second-order valence-corrected chi connectivity index (χ2v) is 6.40. The van der Waals surface area contributed by atoms with Crippen LogP contribution in [-0.4, -0.2) is 56.1 Å². The Kier molecular flexibility index (Phi) is 4.72. The van der Waals surface area contributed by atoms with E-state index in [1.165, 1.54) is 16.7 Å². The maximum Gasteiger partial charge on any atom is 0.352 e. The average molecular weight is 377 g/mol. The first-order valence-electron chi connectivity index (χ1n) is 6.11. The van der Waals surface area contributed by atoms with E-state index in [0.29, 0.717) is 11.3 Å². The van der Waals surface area contributed by atoms with Gasteiger partial charge in [0, 0.05) is 5.75 Å². The Hall–Kier alpha value is -1.35. The summed E-state index contributed by atoms with van der Waals surface area (Å²) in [6.45, 7) is 1.67. The highest BCUT2D eigenvalue weighted by molar-refractivity contribution is 9.09. The molecule has 114 valence electrons. The highest BCUT2D eigenvalue weighted by atomic mass is 79.9. The van der Waals surface area contributed by atoms with E-state index < -0.39 is 29.2 Å². The molecular weight excluding hydrogens is 364 g/mol. The number of amides is 2. The second kappa shape index (κ2) is 6.18. The van der Waals surface area contributed by atoms with Crippen LogP contribution in [0.2, 0.25) is 0 Å². The number of nitrogens with zero attached hydrogens (tertiary/aromatic N) is 1. The highest BCUT2D eigenvalue weighted by Crippen LogP contribution is 2.40. The van der Waals surface area contributed by atoms with Gasteiger partial charge in [-0.05, 0) is 12.5 Å². The number of β-lactam (4-membered cyclic amide) rings is 1. The molecule has 21 heavy (non-hydrogen) atoms. The maximum absolute atomic E-state index is 12.1. The van der Waals surface area contributed by atoms with Crippen molar-refractivity contribution in [3.05, 3.63) is 11.3 Å². The summed E-state index contributed by atoms with van der Waals surface area (Å²) in [6.07, 6.45) is -0.299. The quantitative estimate of drug-likeness (QED) is 0.400. The van der Waals surface area contributed by atoms with Gasteiger partial charge in [-0.2, -0.15) is 0 Å². The standard InChI is InChI=1S/C12H13BrN2O5S/c1-5-4-21-11-8(14-7(17)2-6(16)3-13)10(18)15(11)9(5)12(19)20/h8,11H,2-4H2,1H3,(H,14,17)(H,19,20)/t8?,11-/m1/s1. The number of Topliss-reactive ketones (excluding diaryl/α,β-unsaturated/α-hetero) is 1. The zero-order valence-corrected chi connectivity index (χ0v) is 13.5. The molecule has 2 heterocycles. The lowest BCUT2D eigenvalue weighted by Gasteiger charge is -2.49. The van der Waals surface area contributed by atoms with E-state index in [1.807, 2.05) is 0 Å². The molecule has 1 fully saturated rings. The van der Waals surface area contributed by atoms with Crippen LogP contribution in [0.4, 0.5) is 0 Å². The molecule has 0 aliphatic carbocycles. The lowest BCUT2D eigenvalue weighted by atomic mass is 10.0. The van der Waals surface area contributed by atoms with Gasteiger partial charge in [-0.15, -0.1) is 11.8 Å². The van der Waals surface area contributed by atoms with Gasteiger partial charge >= 0.3 is 5.97 Å². The number of ketones is 1. The van der Waals surface area contributed by atoms with Crippen LogP contribution in [-0.2, 0) is 19.2 Å². The molecule has 2 aliphatic heterocycles. The fourth-order valence-electron chi connectivity index (χ4n) is 2.23. The van der Waals surface area contributed by atoms with Gasteiger partial charge in [0.25, 0.3) is 5.91 Å². The normalized spacial score (nSPS) is 24.3. The Labute approximate surface area is 133 Å². The third-order valence-corrected chi connectivity index (χ3v) is 5.23. The molecule has 0 radical (unpaired) electrons. The molecule has 0 saturated carbocycles. The predicted octanol–water partition coefficient (Wildman–Crippen LogP) is 0.0990. The Balaban J connectivity index is 2.05. The maximum atomic E-state index is 12.1. The van der Waals surface area contributed by atoms with Crippen molar-refractivity contribution in [1.82, 2.24) is 10.2 Å². The lowest BCUT2D eigenvalue weighted by molar-refractivity contribution is -0.150. The molecule has 0 bridgehead atoms. The molecule has 7 nitrogen and oxygen atoms in total. The summed E-state index contributed by atoms with van der Waals surface area (Å²) in [7, 11) is 0. The highest BCUT2D eigenvalue weighted by Gasteiger charge is 2.53. The first-order chi connectivity index (χ1) is 9.86. The van der Waals surface area contributed by atoms with Crippen molar-refractivity contribution in [2.24, 2.45) is 0 Å². The summed E-state index contributed by atoms with van der Waals surface area (Å²) in [5.41, 5.74) is 0.613. The molecule has 2 N–H and O–H groups in total. The van der Waals surface area contributed by atoms with E-state index in [0.717, 1.165) is 0 Å². The van der Waals surface area contributed by atoms with Crippen LogP contribution in [0.5, 0.6) is 0 Å². The van der Waals surface area contributed by atoms with Crippen molar-refractivity contribution in [3.63, 3.8) is 0 Å². The number of halogens is 1. The zero-order chi connectivity index (χ0) is 15.7. The minimum absolute atomic E-state index is 0.00853. The van der Waals surface area contributed by atoms with Crippen LogP contribution in [0.25, 0.3) is 0 Å². The van der Waals surface area contributed by atoms with E-state index in [4.69, 9.17) is 5.11 Å². The number of hydrogen-bond donors (Lipinski definition) is 2. The molecule has 2 atom stereocenters. The number of rotatable bonds is 5. The van der Waals surface area contributed by atoms with Gasteiger partial charge in [-0.25, -0.2) is 4.79 Å². The Morgan fingerprint density at radius 3 is 2.71 bits per heavy atom. The van der Waals surface area contributed by atoms with Crippen molar-refractivity contribution in [2.75, 3.05) is 11.1 Å². The number of carboxylic acids is 1. The molecule has 0 aromatic carbocycles. The average Bonchev–Trinajstić information content (AvgIpc) is 2.43. The van der Waals surface area contributed by atoms with Crippen molar-refractivity contribution < 1.29 is 24.3 Å². The third kappa shape index (κ3) is 2.98. The summed E-state index contributed by atoms with van der Waals surface area (Å²) in [5, 5.41) is 11.3. The first-order valence-corrected chi connectivity index (χ1v) is 8.28. The Morgan fingerprint density at radius 1 is 1.48 bits per heavy atom. The van der Waals surface area contributed by atoms with E-state index >= 15 is 0 Å². The van der Waals surface area contributed by atoms with Crippen molar-refractivity contribution >= 4 is 51.3 Å². The summed E-state index contributed by atoms with van der Waals surface area (Å²) in [5.74, 6) is -1.92. The van der Waals surface area contributed by atoms with Crippen LogP contribution >= 0.6 is 27.7 Å². The SMILES string of the molecule is CC1=C(C(=O)O)N2C(=O)C(NC(=O)CC(=O)CBr)[C@H]2SC1. The van der Waals surface area contributed by atoms with Gasteiger partial charge in [0.1, 0.15) is 17.1 Å². The minimum atomic E-state index is -1.15. The van der Waals surface area contributed by atoms with Crippen molar-refractivity contribution in [3.8, 4) is 0 Å². The number of carbonyl (C=O) groups excluding carboxylic acids is 3. The second-order valence-electron chi connectivity index (χ2n) is 4.74. The number of alkyl halides is 1. The number of thioether (sulfide) groups is 1. The van der Waals surface area contributed by atoms with E-state index in [2.05, 4.69) is 21.2 Å². The monoisotopic (exact) mass is 376 g/mol. The molecule has 1 saturated heterocycles. The van der Waals surface area contributed by atoms with Gasteiger partial charge < -0.3 is 10.4 Å². The van der Waals surface area contributed by atoms with Crippen LogP contribution in [0, 0.1) is 0 Å². The number of carbonyl (C=O) groups is 4. The molecule has 0 spiro atoms. The topological polar surface area (TPSA) is 104 Å².